The van der Waals surface area contributed by atoms with Crippen LogP contribution in [0.2, 0.25) is 0 Å². The summed E-state index contributed by atoms with van der Waals surface area (Å²) in [5, 5.41) is 6.86. The van der Waals surface area contributed by atoms with Crippen LogP contribution in [0.5, 0.6) is 5.75 Å². The first kappa shape index (κ1) is 18.8. The van der Waals surface area contributed by atoms with Gasteiger partial charge in [0.2, 0.25) is 0 Å². The molecule has 1 amide bonds. The fourth-order valence-electron chi connectivity index (χ4n) is 2.73. The second-order valence-corrected chi connectivity index (χ2v) is 8.77. The van der Waals surface area contributed by atoms with Gasteiger partial charge in [-0.2, -0.15) is 5.10 Å². The highest BCUT2D eigenvalue weighted by Gasteiger charge is 2.16. The minimum Gasteiger partial charge on any atom is -0.484 e. The van der Waals surface area contributed by atoms with E-state index in [9.17, 15) is 4.79 Å². The van der Waals surface area contributed by atoms with Gasteiger partial charge in [0.1, 0.15) is 18.4 Å². The van der Waals surface area contributed by atoms with Crippen molar-refractivity contribution >= 4 is 35.1 Å². The largest absolute Gasteiger partial charge is 0.484 e. The lowest BCUT2D eigenvalue weighted by Gasteiger charge is -2.21. The normalized spacial score (nSPS) is 14.6. The summed E-state index contributed by atoms with van der Waals surface area (Å²) >= 11 is 3.96. The van der Waals surface area contributed by atoms with E-state index in [-0.39, 0.29) is 12.5 Å². The van der Waals surface area contributed by atoms with Crippen LogP contribution in [-0.2, 0) is 4.79 Å². The van der Waals surface area contributed by atoms with Crippen LogP contribution in [0.1, 0.15) is 16.6 Å². The van der Waals surface area contributed by atoms with E-state index in [4.69, 9.17) is 4.74 Å². The van der Waals surface area contributed by atoms with Gasteiger partial charge in [-0.15, -0.1) is 23.5 Å². The molecule has 0 bridgehead atoms. The van der Waals surface area contributed by atoms with Crippen molar-refractivity contribution in [2.45, 2.75) is 11.0 Å². The van der Waals surface area contributed by atoms with Crippen molar-refractivity contribution in [1.82, 2.24) is 19.7 Å². The summed E-state index contributed by atoms with van der Waals surface area (Å²) in [6.45, 7) is -0.0854. The monoisotopic (exact) mass is 413 g/mol. The van der Waals surface area contributed by atoms with Gasteiger partial charge in [-0.1, -0.05) is 12.1 Å². The summed E-state index contributed by atoms with van der Waals surface area (Å²) in [6.07, 6.45) is 5.85. The highest BCUT2D eigenvalue weighted by Crippen LogP contribution is 2.43. The summed E-state index contributed by atoms with van der Waals surface area (Å²) in [4.78, 5) is 20.5. The molecule has 4 rings (SSSR count). The zero-order chi connectivity index (χ0) is 19.2. The van der Waals surface area contributed by atoms with Gasteiger partial charge in [-0.3, -0.25) is 4.79 Å². The van der Waals surface area contributed by atoms with Crippen molar-refractivity contribution in [1.29, 1.82) is 0 Å². The van der Waals surface area contributed by atoms with Crippen molar-refractivity contribution in [2.75, 3.05) is 23.4 Å². The molecular formula is C19H19N5O2S2. The predicted molar refractivity (Wildman–Crippen MR) is 112 cm³/mol. The fourth-order valence-corrected chi connectivity index (χ4v) is 5.63. The maximum absolute atomic E-state index is 12.3. The van der Waals surface area contributed by atoms with E-state index in [0.717, 1.165) is 0 Å². The molecular weight excluding hydrogens is 394 g/mol. The average Bonchev–Trinajstić information content (AvgIpc) is 3.28. The Bertz CT molecular complexity index is 912. The molecule has 0 spiro atoms. The molecule has 0 saturated carbocycles. The van der Waals surface area contributed by atoms with Crippen LogP contribution >= 0.6 is 23.5 Å². The van der Waals surface area contributed by atoms with Crippen molar-refractivity contribution in [3.8, 4) is 11.6 Å². The SMILES string of the molecule is O=C(COc1ccc(C2SCCCS2)cc1)Nc1cccnc1-n1cncn1. The third-order valence-electron chi connectivity index (χ3n) is 4.05. The summed E-state index contributed by atoms with van der Waals surface area (Å²) in [5.74, 6) is 3.33. The molecule has 0 radical (unpaired) electrons. The minimum absolute atomic E-state index is 0.0854. The Balaban J connectivity index is 1.34. The van der Waals surface area contributed by atoms with Crippen molar-refractivity contribution < 1.29 is 9.53 Å². The Morgan fingerprint density at radius 2 is 2.04 bits per heavy atom. The molecule has 1 N–H and O–H groups in total. The number of hydrogen-bond donors (Lipinski definition) is 1. The first-order valence-electron chi connectivity index (χ1n) is 8.85. The Kier molecular flexibility index (Phi) is 6.13. The molecule has 0 aliphatic carbocycles. The Morgan fingerprint density at radius 1 is 1.21 bits per heavy atom. The van der Waals surface area contributed by atoms with Crippen LogP contribution in [0.15, 0.2) is 55.2 Å². The van der Waals surface area contributed by atoms with Crippen LogP contribution < -0.4 is 10.1 Å². The number of benzene rings is 1. The average molecular weight is 414 g/mol. The van der Waals surface area contributed by atoms with E-state index in [1.54, 1.807) is 18.3 Å². The first-order chi connectivity index (χ1) is 13.8. The third kappa shape index (κ3) is 4.66. The summed E-state index contributed by atoms with van der Waals surface area (Å²) < 4.78 is 7.62. The van der Waals surface area contributed by atoms with Gasteiger partial charge in [-0.05, 0) is 47.8 Å². The molecule has 28 heavy (non-hydrogen) atoms. The quantitative estimate of drug-likeness (QED) is 0.662. The highest BCUT2D eigenvalue weighted by molar-refractivity contribution is 8.16. The summed E-state index contributed by atoms with van der Waals surface area (Å²) in [7, 11) is 0. The molecule has 0 atom stereocenters. The van der Waals surface area contributed by atoms with Crippen LogP contribution in [0.3, 0.4) is 0 Å². The van der Waals surface area contributed by atoms with Gasteiger partial charge in [0, 0.05) is 6.20 Å². The van der Waals surface area contributed by atoms with E-state index in [2.05, 4.69) is 32.5 Å². The maximum Gasteiger partial charge on any atom is 0.262 e. The Labute approximate surface area is 171 Å². The van der Waals surface area contributed by atoms with Crippen molar-refractivity contribution in [3.05, 3.63) is 60.8 Å². The number of nitrogens with zero attached hydrogens (tertiary/aromatic N) is 4. The third-order valence-corrected chi connectivity index (χ3v) is 7.06. The number of rotatable bonds is 6. The molecule has 3 heterocycles. The molecule has 9 heteroatoms. The number of amides is 1. The zero-order valence-corrected chi connectivity index (χ0v) is 16.7. The minimum atomic E-state index is -0.267. The number of carbonyl (C=O) groups excluding carboxylic acids is 1. The van der Waals surface area contributed by atoms with E-state index in [1.807, 2.05) is 35.7 Å². The lowest BCUT2D eigenvalue weighted by molar-refractivity contribution is -0.118. The molecule has 1 aliphatic rings. The van der Waals surface area contributed by atoms with Gasteiger partial charge in [-0.25, -0.2) is 14.6 Å². The molecule has 7 nitrogen and oxygen atoms in total. The predicted octanol–water partition coefficient (Wildman–Crippen LogP) is 3.55. The van der Waals surface area contributed by atoms with Crippen LogP contribution in [0.4, 0.5) is 5.69 Å². The maximum atomic E-state index is 12.3. The number of thioether (sulfide) groups is 2. The summed E-state index contributed by atoms with van der Waals surface area (Å²) in [6, 6.07) is 11.5. The lowest BCUT2D eigenvalue weighted by Crippen LogP contribution is -2.21. The number of ether oxygens (including phenoxy) is 1. The van der Waals surface area contributed by atoms with Crippen LogP contribution in [0, 0.1) is 0 Å². The van der Waals surface area contributed by atoms with E-state index < -0.39 is 0 Å². The molecule has 2 aromatic heterocycles. The van der Waals surface area contributed by atoms with Crippen molar-refractivity contribution in [3.63, 3.8) is 0 Å². The molecule has 3 aromatic rings. The number of aromatic nitrogens is 4. The van der Waals surface area contributed by atoms with Crippen molar-refractivity contribution in [2.24, 2.45) is 0 Å². The topological polar surface area (TPSA) is 81.9 Å². The second-order valence-electron chi connectivity index (χ2n) is 6.05. The van der Waals surface area contributed by atoms with E-state index in [0.29, 0.717) is 21.8 Å². The number of hydrogen-bond acceptors (Lipinski definition) is 7. The Hall–Kier alpha value is -2.52. The lowest BCUT2D eigenvalue weighted by atomic mass is 10.2. The number of pyridine rings is 1. The first-order valence-corrected chi connectivity index (χ1v) is 11.0. The smallest absolute Gasteiger partial charge is 0.262 e. The van der Waals surface area contributed by atoms with Crippen LogP contribution in [0.25, 0.3) is 5.82 Å². The van der Waals surface area contributed by atoms with Gasteiger partial charge < -0.3 is 10.1 Å². The molecule has 0 unspecified atom stereocenters. The van der Waals surface area contributed by atoms with E-state index >= 15 is 0 Å². The summed E-state index contributed by atoms with van der Waals surface area (Å²) in [5.41, 5.74) is 1.84. The van der Waals surface area contributed by atoms with Gasteiger partial charge in [0.15, 0.2) is 12.4 Å². The van der Waals surface area contributed by atoms with Gasteiger partial charge in [0.25, 0.3) is 5.91 Å². The van der Waals surface area contributed by atoms with Gasteiger partial charge in [0.05, 0.1) is 10.3 Å². The number of carbonyl (C=O) groups is 1. The second kappa shape index (κ2) is 9.11. The Morgan fingerprint density at radius 3 is 2.79 bits per heavy atom. The molecule has 1 aliphatic heterocycles. The number of anilines is 1. The molecule has 1 aromatic carbocycles. The van der Waals surface area contributed by atoms with E-state index in [1.165, 1.54) is 40.8 Å². The zero-order valence-electron chi connectivity index (χ0n) is 15.0. The fraction of sp³-hybridized carbons (Fsp3) is 0.263. The molecule has 144 valence electrons. The highest BCUT2D eigenvalue weighted by atomic mass is 32.2. The number of nitrogens with one attached hydrogen (secondary N) is 1. The molecule has 1 fully saturated rings. The van der Waals surface area contributed by atoms with Gasteiger partial charge >= 0.3 is 0 Å². The standard InChI is InChI=1S/C19H19N5O2S2/c25-17(23-16-3-1-8-21-18(16)24-13-20-12-22-24)11-26-15-6-4-14(5-7-15)19-27-9-2-10-28-19/h1,3-8,12-13,19H,2,9-11H2,(H,23,25). The van der Waals surface area contributed by atoms with Crippen LogP contribution in [-0.4, -0.2) is 43.8 Å². The molecule has 1 saturated heterocycles.